The highest BCUT2D eigenvalue weighted by atomic mass is 35.5. The van der Waals surface area contributed by atoms with Crippen molar-refractivity contribution in [2.75, 3.05) is 59.1 Å². The first-order chi connectivity index (χ1) is 11.2. The zero-order valence-corrected chi connectivity index (χ0v) is 15.1. The molecule has 130 valence electrons. The first-order valence-electron chi connectivity index (χ1n) is 8.66. The molecular formula is C18H29ClN2O2. The largest absolute Gasteiger partial charge is 0.491 e. The second-order valence-electron chi connectivity index (χ2n) is 5.84. The van der Waals surface area contributed by atoms with Crippen molar-refractivity contribution in [2.45, 2.75) is 20.3 Å². The molecule has 0 atom stereocenters. The van der Waals surface area contributed by atoms with Gasteiger partial charge in [-0.1, -0.05) is 25.4 Å². The van der Waals surface area contributed by atoms with Crippen LogP contribution in [0.25, 0.3) is 0 Å². The lowest BCUT2D eigenvalue weighted by atomic mass is 10.1. The van der Waals surface area contributed by atoms with Gasteiger partial charge in [0.2, 0.25) is 0 Å². The molecule has 1 aliphatic rings. The van der Waals surface area contributed by atoms with Gasteiger partial charge in [-0.2, -0.15) is 0 Å². The fourth-order valence-electron chi connectivity index (χ4n) is 2.76. The van der Waals surface area contributed by atoms with Crippen molar-refractivity contribution in [3.05, 3.63) is 28.8 Å². The highest BCUT2D eigenvalue weighted by Crippen LogP contribution is 2.22. The Morgan fingerprint density at radius 2 is 1.74 bits per heavy atom. The van der Waals surface area contributed by atoms with Crippen LogP contribution in [0.15, 0.2) is 18.2 Å². The summed E-state index contributed by atoms with van der Waals surface area (Å²) in [7, 11) is 0. The first-order valence-corrected chi connectivity index (χ1v) is 9.04. The molecule has 0 aliphatic carbocycles. The molecule has 0 bridgehead atoms. The summed E-state index contributed by atoms with van der Waals surface area (Å²) in [5.41, 5.74) is 1.12. The van der Waals surface area contributed by atoms with Gasteiger partial charge >= 0.3 is 0 Å². The van der Waals surface area contributed by atoms with Crippen molar-refractivity contribution in [3.63, 3.8) is 0 Å². The number of piperazine rings is 1. The second kappa shape index (κ2) is 10.1. The monoisotopic (exact) mass is 340 g/mol. The number of hydrogen-bond donors (Lipinski definition) is 0. The van der Waals surface area contributed by atoms with E-state index in [0.717, 1.165) is 55.5 Å². The van der Waals surface area contributed by atoms with E-state index in [1.807, 2.05) is 18.2 Å². The molecule has 0 N–H and O–H groups in total. The Bertz CT molecular complexity index is 462. The van der Waals surface area contributed by atoms with Gasteiger partial charge in [0.05, 0.1) is 13.2 Å². The van der Waals surface area contributed by atoms with E-state index in [4.69, 9.17) is 21.1 Å². The minimum absolute atomic E-state index is 0.578. The zero-order valence-electron chi connectivity index (χ0n) is 14.4. The normalized spacial score (nSPS) is 16.7. The third-order valence-electron chi connectivity index (χ3n) is 4.36. The Kier molecular flexibility index (Phi) is 8.17. The molecule has 0 aromatic heterocycles. The number of nitrogens with zero attached hydrogens (tertiary/aromatic N) is 2. The van der Waals surface area contributed by atoms with E-state index in [9.17, 15) is 0 Å². The number of rotatable bonds is 9. The summed E-state index contributed by atoms with van der Waals surface area (Å²) >= 11 is 6.10. The Labute approximate surface area is 145 Å². The highest BCUT2D eigenvalue weighted by Gasteiger charge is 2.14. The SMILES string of the molecule is CCc1cc(OCCOCCN2CCN(CC)CC2)ccc1Cl. The number of halogens is 1. The van der Waals surface area contributed by atoms with Crippen LogP contribution < -0.4 is 4.74 Å². The molecule has 0 amide bonds. The molecule has 2 rings (SSSR count). The van der Waals surface area contributed by atoms with Gasteiger partial charge in [-0.3, -0.25) is 4.90 Å². The van der Waals surface area contributed by atoms with E-state index in [0.29, 0.717) is 13.2 Å². The molecule has 5 heteroatoms. The van der Waals surface area contributed by atoms with E-state index < -0.39 is 0 Å². The van der Waals surface area contributed by atoms with Gasteiger partial charge in [0.15, 0.2) is 0 Å². The van der Waals surface area contributed by atoms with Crippen molar-refractivity contribution in [3.8, 4) is 5.75 Å². The molecule has 23 heavy (non-hydrogen) atoms. The van der Waals surface area contributed by atoms with Gasteiger partial charge < -0.3 is 14.4 Å². The molecule has 0 unspecified atom stereocenters. The minimum atomic E-state index is 0.578. The van der Waals surface area contributed by atoms with E-state index in [1.165, 1.54) is 13.1 Å². The summed E-state index contributed by atoms with van der Waals surface area (Å²) in [6.07, 6.45) is 0.915. The topological polar surface area (TPSA) is 24.9 Å². The lowest BCUT2D eigenvalue weighted by Crippen LogP contribution is -2.47. The zero-order chi connectivity index (χ0) is 16.5. The van der Waals surface area contributed by atoms with Crippen LogP contribution in [0.1, 0.15) is 19.4 Å². The van der Waals surface area contributed by atoms with Crippen LogP contribution in [0.5, 0.6) is 5.75 Å². The van der Waals surface area contributed by atoms with E-state index in [1.54, 1.807) is 0 Å². The Morgan fingerprint density at radius 1 is 1.00 bits per heavy atom. The summed E-state index contributed by atoms with van der Waals surface area (Å²) in [6.45, 7) is 13.1. The third kappa shape index (κ3) is 6.30. The molecule has 1 saturated heterocycles. The van der Waals surface area contributed by atoms with Crippen molar-refractivity contribution >= 4 is 11.6 Å². The van der Waals surface area contributed by atoms with Crippen molar-refractivity contribution in [1.29, 1.82) is 0 Å². The van der Waals surface area contributed by atoms with Crippen molar-refractivity contribution in [1.82, 2.24) is 9.80 Å². The van der Waals surface area contributed by atoms with Crippen LogP contribution in [0, 0.1) is 0 Å². The molecule has 0 spiro atoms. The van der Waals surface area contributed by atoms with E-state index >= 15 is 0 Å². The Morgan fingerprint density at radius 3 is 2.43 bits per heavy atom. The quantitative estimate of drug-likeness (QED) is 0.645. The van der Waals surface area contributed by atoms with Crippen LogP contribution in [-0.2, 0) is 11.2 Å². The van der Waals surface area contributed by atoms with Crippen molar-refractivity contribution < 1.29 is 9.47 Å². The van der Waals surface area contributed by atoms with Gasteiger partial charge in [-0.15, -0.1) is 0 Å². The van der Waals surface area contributed by atoms with Gasteiger partial charge in [-0.25, -0.2) is 0 Å². The summed E-state index contributed by atoms with van der Waals surface area (Å²) in [4.78, 5) is 4.96. The highest BCUT2D eigenvalue weighted by molar-refractivity contribution is 6.31. The van der Waals surface area contributed by atoms with Crippen LogP contribution in [0.4, 0.5) is 0 Å². The molecule has 1 aliphatic heterocycles. The Hall–Kier alpha value is -0.810. The number of likely N-dealkylation sites (N-methyl/N-ethyl adjacent to an activating group) is 1. The summed E-state index contributed by atoms with van der Waals surface area (Å²) in [5.74, 6) is 0.866. The predicted molar refractivity (Wildman–Crippen MR) is 95.7 cm³/mol. The van der Waals surface area contributed by atoms with Crippen molar-refractivity contribution in [2.24, 2.45) is 0 Å². The minimum Gasteiger partial charge on any atom is -0.491 e. The molecule has 1 fully saturated rings. The third-order valence-corrected chi connectivity index (χ3v) is 4.73. The lowest BCUT2D eigenvalue weighted by molar-refractivity contribution is 0.0626. The number of hydrogen-bond acceptors (Lipinski definition) is 4. The molecule has 0 radical (unpaired) electrons. The number of benzene rings is 1. The summed E-state index contributed by atoms with van der Waals surface area (Å²) in [6, 6.07) is 5.82. The van der Waals surface area contributed by atoms with Crippen LogP contribution in [-0.4, -0.2) is 68.9 Å². The Balaban J connectivity index is 1.54. The average Bonchev–Trinajstić information content (AvgIpc) is 2.59. The molecule has 1 aromatic carbocycles. The fraction of sp³-hybridized carbons (Fsp3) is 0.667. The standard InChI is InChI=1S/C18H29ClN2O2/c1-3-16-15-17(5-6-18(16)19)23-14-13-22-12-11-21-9-7-20(4-2)8-10-21/h5-6,15H,3-4,7-14H2,1-2H3. The number of aryl methyl sites for hydroxylation is 1. The van der Waals surface area contributed by atoms with Crippen LogP contribution in [0.3, 0.4) is 0 Å². The van der Waals surface area contributed by atoms with E-state index in [2.05, 4.69) is 23.6 Å². The maximum absolute atomic E-state index is 6.10. The van der Waals surface area contributed by atoms with Gasteiger partial charge in [0.25, 0.3) is 0 Å². The van der Waals surface area contributed by atoms with E-state index in [-0.39, 0.29) is 0 Å². The smallest absolute Gasteiger partial charge is 0.119 e. The van der Waals surface area contributed by atoms with Crippen LogP contribution in [0.2, 0.25) is 5.02 Å². The van der Waals surface area contributed by atoms with Crippen LogP contribution >= 0.6 is 11.6 Å². The maximum Gasteiger partial charge on any atom is 0.119 e. The summed E-state index contributed by atoms with van der Waals surface area (Å²) < 4.78 is 11.4. The first kappa shape index (κ1) is 18.5. The molecule has 1 aromatic rings. The molecule has 1 heterocycles. The van der Waals surface area contributed by atoms with Gasteiger partial charge in [0, 0.05) is 37.7 Å². The lowest BCUT2D eigenvalue weighted by Gasteiger charge is -2.33. The fourth-order valence-corrected chi connectivity index (χ4v) is 3.01. The second-order valence-corrected chi connectivity index (χ2v) is 6.25. The number of ether oxygens (including phenoxy) is 2. The maximum atomic E-state index is 6.10. The predicted octanol–water partition coefficient (Wildman–Crippen LogP) is 2.94. The summed E-state index contributed by atoms with van der Waals surface area (Å²) in [5, 5.41) is 0.805. The van der Waals surface area contributed by atoms with Gasteiger partial charge in [-0.05, 0) is 36.7 Å². The average molecular weight is 341 g/mol. The molecule has 0 saturated carbocycles. The molecule has 4 nitrogen and oxygen atoms in total. The molecular weight excluding hydrogens is 312 g/mol. The van der Waals surface area contributed by atoms with Gasteiger partial charge in [0.1, 0.15) is 12.4 Å².